The van der Waals surface area contributed by atoms with E-state index < -0.39 is 28.3 Å². The number of anilines is 1. The maximum Gasteiger partial charge on any atom is 0.241 e. The molecule has 0 aromatic heterocycles. The van der Waals surface area contributed by atoms with Crippen LogP contribution in [0.5, 0.6) is 0 Å². The molecule has 2 rings (SSSR count). The van der Waals surface area contributed by atoms with Gasteiger partial charge in [-0.25, -0.2) is 17.5 Å². The van der Waals surface area contributed by atoms with Gasteiger partial charge in [-0.15, -0.1) is 0 Å². The van der Waals surface area contributed by atoms with E-state index in [-0.39, 0.29) is 4.90 Å². The van der Waals surface area contributed by atoms with Crippen molar-refractivity contribution in [2.24, 2.45) is 0 Å². The summed E-state index contributed by atoms with van der Waals surface area (Å²) in [4.78, 5) is 11.7. The number of rotatable bonds is 5. The van der Waals surface area contributed by atoms with E-state index in [1.54, 1.807) is 0 Å². The number of benzene rings is 2. The Bertz CT molecular complexity index is 841. The zero-order valence-electron chi connectivity index (χ0n) is 11.8. The molecule has 0 radical (unpaired) electrons. The van der Waals surface area contributed by atoms with E-state index in [9.17, 15) is 17.6 Å². The number of carbonyl (C=O) groups is 1. The summed E-state index contributed by atoms with van der Waals surface area (Å²) in [5.41, 5.74) is 0.687. The minimum Gasteiger partial charge on any atom is -0.325 e. The van der Waals surface area contributed by atoms with Crippen molar-refractivity contribution < 1.29 is 17.6 Å². The SMILES string of the molecule is N#Cc1ccc(S(=O)(=O)NCC(=O)Nc2ccc(F)cc2)cc1. The lowest BCUT2D eigenvalue weighted by atomic mass is 10.2. The molecule has 118 valence electrons. The fourth-order valence-corrected chi connectivity index (χ4v) is 2.67. The molecule has 1 amide bonds. The molecule has 0 spiro atoms. The van der Waals surface area contributed by atoms with Crippen LogP contribution in [0, 0.1) is 17.1 Å². The topological polar surface area (TPSA) is 99.1 Å². The predicted octanol–water partition coefficient (Wildman–Crippen LogP) is 1.61. The first-order chi connectivity index (χ1) is 10.9. The molecule has 2 N–H and O–H groups in total. The molecule has 0 unspecified atom stereocenters. The van der Waals surface area contributed by atoms with Crippen LogP contribution in [0.1, 0.15) is 5.56 Å². The summed E-state index contributed by atoms with van der Waals surface area (Å²) in [6.45, 7) is -0.473. The molecule has 0 aliphatic rings. The number of nitrogens with zero attached hydrogens (tertiary/aromatic N) is 1. The molecule has 0 bridgehead atoms. The molecule has 2 aromatic rings. The minimum atomic E-state index is -3.86. The van der Waals surface area contributed by atoms with Crippen LogP contribution in [0.2, 0.25) is 0 Å². The molecule has 8 heteroatoms. The minimum absolute atomic E-state index is 0.0499. The standard InChI is InChI=1S/C15H12FN3O3S/c16-12-3-5-13(6-4-12)19-15(20)10-18-23(21,22)14-7-1-11(9-17)2-8-14/h1-8,18H,10H2,(H,19,20). The average molecular weight is 333 g/mol. The van der Waals surface area contributed by atoms with Crippen molar-refractivity contribution >= 4 is 21.6 Å². The first kappa shape index (κ1) is 16.6. The molecule has 23 heavy (non-hydrogen) atoms. The zero-order chi connectivity index (χ0) is 16.9. The molecule has 0 heterocycles. The quantitative estimate of drug-likeness (QED) is 0.868. The fraction of sp³-hybridized carbons (Fsp3) is 0.0667. The van der Waals surface area contributed by atoms with Gasteiger partial charge in [-0.2, -0.15) is 5.26 Å². The lowest BCUT2D eigenvalue weighted by Gasteiger charge is -2.08. The lowest BCUT2D eigenvalue weighted by molar-refractivity contribution is -0.115. The van der Waals surface area contributed by atoms with Gasteiger partial charge in [-0.3, -0.25) is 4.79 Å². The Labute approximate surface area is 132 Å². The van der Waals surface area contributed by atoms with Gasteiger partial charge in [0, 0.05) is 5.69 Å². The Hall–Kier alpha value is -2.76. The normalized spacial score (nSPS) is 10.8. The van der Waals surface area contributed by atoms with Gasteiger partial charge in [-0.1, -0.05) is 0 Å². The summed E-state index contributed by atoms with van der Waals surface area (Å²) in [5.74, 6) is -1.03. The van der Waals surface area contributed by atoms with Crippen LogP contribution in [-0.2, 0) is 14.8 Å². The van der Waals surface area contributed by atoms with Gasteiger partial charge in [0.05, 0.1) is 23.1 Å². The number of nitrogens with one attached hydrogen (secondary N) is 2. The summed E-state index contributed by atoms with van der Waals surface area (Å²) in [6, 6.07) is 12.3. The second kappa shape index (κ2) is 7.00. The maximum atomic E-state index is 12.7. The van der Waals surface area contributed by atoms with E-state index in [0.717, 1.165) is 0 Å². The maximum absolute atomic E-state index is 12.7. The van der Waals surface area contributed by atoms with Gasteiger partial charge in [0.25, 0.3) is 0 Å². The van der Waals surface area contributed by atoms with E-state index in [1.807, 2.05) is 6.07 Å². The first-order valence-electron chi connectivity index (χ1n) is 6.46. The van der Waals surface area contributed by atoms with Crippen LogP contribution in [0.15, 0.2) is 53.4 Å². The van der Waals surface area contributed by atoms with Gasteiger partial charge < -0.3 is 5.32 Å². The largest absolute Gasteiger partial charge is 0.325 e. The first-order valence-corrected chi connectivity index (χ1v) is 7.94. The molecule has 0 saturated heterocycles. The van der Waals surface area contributed by atoms with Crippen molar-refractivity contribution in [2.45, 2.75) is 4.90 Å². The molecule has 0 atom stereocenters. The van der Waals surface area contributed by atoms with Crippen LogP contribution < -0.4 is 10.0 Å². The van der Waals surface area contributed by atoms with E-state index in [2.05, 4.69) is 10.0 Å². The van der Waals surface area contributed by atoms with Crippen molar-refractivity contribution in [3.05, 3.63) is 59.9 Å². The molecular formula is C15H12FN3O3S. The Morgan fingerprint density at radius 3 is 2.26 bits per heavy atom. The molecule has 0 fully saturated rings. The monoisotopic (exact) mass is 333 g/mol. The smallest absolute Gasteiger partial charge is 0.241 e. The van der Waals surface area contributed by atoms with Crippen molar-refractivity contribution in [1.82, 2.24) is 4.72 Å². The van der Waals surface area contributed by atoms with E-state index in [1.165, 1.54) is 48.5 Å². The summed E-state index contributed by atoms with van der Waals surface area (Å²) in [6.07, 6.45) is 0. The number of amides is 1. The van der Waals surface area contributed by atoms with Crippen LogP contribution in [0.3, 0.4) is 0 Å². The van der Waals surface area contributed by atoms with Gasteiger partial charge in [0.1, 0.15) is 5.82 Å². The zero-order valence-corrected chi connectivity index (χ0v) is 12.6. The number of halogens is 1. The number of carbonyl (C=O) groups excluding carboxylic acids is 1. The molecule has 0 saturated carbocycles. The molecule has 0 aliphatic carbocycles. The van der Waals surface area contributed by atoms with Crippen LogP contribution >= 0.6 is 0 Å². The van der Waals surface area contributed by atoms with Crippen LogP contribution in [0.25, 0.3) is 0 Å². The number of nitriles is 1. The third kappa shape index (κ3) is 4.60. The van der Waals surface area contributed by atoms with Gasteiger partial charge in [0.2, 0.25) is 15.9 Å². The third-order valence-corrected chi connectivity index (χ3v) is 4.26. The molecular weight excluding hydrogens is 321 g/mol. The van der Waals surface area contributed by atoms with Gasteiger partial charge in [-0.05, 0) is 48.5 Å². The average Bonchev–Trinajstić information content (AvgIpc) is 2.55. The number of sulfonamides is 1. The highest BCUT2D eigenvalue weighted by Crippen LogP contribution is 2.10. The second-order valence-corrected chi connectivity index (χ2v) is 6.28. The summed E-state index contributed by atoms with van der Waals surface area (Å²) in [5, 5.41) is 11.1. The van der Waals surface area contributed by atoms with Crippen molar-refractivity contribution in [3.63, 3.8) is 0 Å². The molecule has 2 aromatic carbocycles. The van der Waals surface area contributed by atoms with Gasteiger partial charge >= 0.3 is 0 Å². The number of hydrogen-bond donors (Lipinski definition) is 2. The predicted molar refractivity (Wildman–Crippen MR) is 81.4 cm³/mol. The second-order valence-electron chi connectivity index (χ2n) is 4.52. The van der Waals surface area contributed by atoms with Crippen molar-refractivity contribution in [3.8, 4) is 6.07 Å². The fourth-order valence-electron chi connectivity index (χ4n) is 1.69. The number of hydrogen-bond acceptors (Lipinski definition) is 4. The Kier molecular flexibility index (Phi) is 5.05. The summed E-state index contributed by atoms with van der Waals surface area (Å²) >= 11 is 0. The highest BCUT2D eigenvalue weighted by atomic mass is 32.2. The van der Waals surface area contributed by atoms with Crippen molar-refractivity contribution in [2.75, 3.05) is 11.9 Å². The third-order valence-electron chi connectivity index (χ3n) is 2.84. The lowest BCUT2D eigenvalue weighted by Crippen LogP contribution is -2.32. The van der Waals surface area contributed by atoms with E-state index in [4.69, 9.17) is 5.26 Å². The summed E-state index contributed by atoms with van der Waals surface area (Å²) in [7, 11) is -3.86. The Morgan fingerprint density at radius 2 is 1.70 bits per heavy atom. The van der Waals surface area contributed by atoms with Crippen LogP contribution in [-0.4, -0.2) is 20.9 Å². The van der Waals surface area contributed by atoms with Crippen molar-refractivity contribution in [1.29, 1.82) is 5.26 Å². The van der Waals surface area contributed by atoms with E-state index >= 15 is 0 Å². The van der Waals surface area contributed by atoms with E-state index in [0.29, 0.717) is 11.3 Å². The van der Waals surface area contributed by atoms with Gasteiger partial charge in [0.15, 0.2) is 0 Å². The molecule has 0 aliphatic heterocycles. The van der Waals surface area contributed by atoms with Crippen LogP contribution in [0.4, 0.5) is 10.1 Å². The Morgan fingerprint density at radius 1 is 1.09 bits per heavy atom. The summed E-state index contributed by atoms with van der Waals surface area (Å²) < 4.78 is 38.9. The highest BCUT2D eigenvalue weighted by molar-refractivity contribution is 7.89. The molecule has 6 nitrogen and oxygen atoms in total. The Balaban J connectivity index is 1.96. The highest BCUT2D eigenvalue weighted by Gasteiger charge is 2.15.